The molecule has 9 heteroatoms. The monoisotopic (exact) mass is 434 g/mol. The number of allylic oxidation sites excluding steroid dienone is 7. The van der Waals surface area contributed by atoms with Crippen molar-refractivity contribution in [1.82, 2.24) is 9.62 Å². The summed E-state index contributed by atoms with van der Waals surface area (Å²) in [5.74, 6) is 0. The molecule has 164 valence electrons. The summed E-state index contributed by atoms with van der Waals surface area (Å²) in [5.41, 5.74) is -2.59. The standard InChI is InChI=1S/C10H13F3N2O2S.C9H14.CH2O/c11-10(12,13)18(16,17)15-6-5-14-9-4-2-1-3-8(9)7-15;1-4-7-8-9(5-2)6-3;1-2/h3-4,14H,1-2,5-7H2;4-5,7-8H,2,6H2,1,3H3;1H2/b;7-4-,9-8+;. The normalized spacial score (nSPS) is 17.9. The Labute approximate surface area is 171 Å². The molecule has 1 heterocycles. The van der Waals surface area contributed by atoms with Crippen LogP contribution in [0.4, 0.5) is 13.2 Å². The third-order valence-electron chi connectivity index (χ3n) is 4.08. The summed E-state index contributed by atoms with van der Waals surface area (Å²) in [6, 6.07) is 0. The van der Waals surface area contributed by atoms with Gasteiger partial charge in [-0.25, -0.2) is 8.42 Å². The second kappa shape index (κ2) is 13.2. The van der Waals surface area contributed by atoms with Crippen LogP contribution < -0.4 is 5.32 Å². The van der Waals surface area contributed by atoms with Gasteiger partial charge in [-0.2, -0.15) is 17.5 Å². The molecular formula is C20H29F3N2O3S. The fourth-order valence-electron chi connectivity index (χ4n) is 2.55. The van der Waals surface area contributed by atoms with Crippen LogP contribution in [0.1, 0.15) is 33.1 Å². The third kappa shape index (κ3) is 8.41. The van der Waals surface area contributed by atoms with Crippen molar-refractivity contribution in [2.24, 2.45) is 0 Å². The third-order valence-corrected chi connectivity index (χ3v) is 5.66. The van der Waals surface area contributed by atoms with Gasteiger partial charge in [0.2, 0.25) is 0 Å². The minimum atomic E-state index is -5.25. The lowest BCUT2D eigenvalue weighted by atomic mass is 10.0. The Kier molecular flexibility index (Phi) is 12.2. The first-order valence-corrected chi connectivity index (χ1v) is 10.5. The lowest BCUT2D eigenvalue weighted by Crippen LogP contribution is -2.42. The van der Waals surface area contributed by atoms with Crippen LogP contribution in [-0.4, -0.2) is 44.7 Å². The van der Waals surface area contributed by atoms with Crippen LogP contribution in [0.3, 0.4) is 0 Å². The van der Waals surface area contributed by atoms with Crippen molar-refractivity contribution in [2.75, 3.05) is 19.6 Å². The van der Waals surface area contributed by atoms with Gasteiger partial charge >= 0.3 is 15.5 Å². The van der Waals surface area contributed by atoms with Crippen LogP contribution >= 0.6 is 0 Å². The van der Waals surface area contributed by atoms with Gasteiger partial charge in [0.15, 0.2) is 0 Å². The Bertz CT molecular complexity index is 751. The van der Waals surface area contributed by atoms with Crippen molar-refractivity contribution < 1.29 is 26.4 Å². The molecule has 0 amide bonds. The predicted octanol–water partition coefficient (Wildman–Crippen LogP) is 4.25. The van der Waals surface area contributed by atoms with Crippen LogP contribution in [0.25, 0.3) is 0 Å². The smallest absolute Gasteiger partial charge is 0.384 e. The first kappa shape index (κ1) is 26.9. The molecule has 29 heavy (non-hydrogen) atoms. The lowest BCUT2D eigenvalue weighted by Gasteiger charge is -2.22. The number of hydrogen-bond acceptors (Lipinski definition) is 4. The second-order valence-corrected chi connectivity index (χ2v) is 7.89. The first-order valence-electron chi connectivity index (χ1n) is 9.10. The van der Waals surface area contributed by atoms with E-state index in [-0.39, 0.29) is 19.6 Å². The molecule has 0 unspecified atom stereocenters. The van der Waals surface area contributed by atoms with Gasteiger partial charge in [-0.3, -0.25) is 0 Å². The molecule has 1 saturated heterocycles. The van der Waals surface area contributed by atoms with Crippen molar-refractivity contribution in [3.8, 4) is 0 Å². The molecule has 0 saturated carbocycles. The summed E-state index contributed by atoms with van der Waals surface area (Å²) in [4.78, 5) is 8.00. The zero-order chi connectivity index (χ0) is 22.5. The minimum absolute atomic E-state index is 0.179. The van der Waals surface area contributed by atoms with E-state index in [2.05, 4.69) is 24.9 Å². The molecular weight excluding hydrogens is 405 g/mol. The van der Waals surface area contributed by atoms with Crippen LogP contribution in [0.5, 0.6) is 0 Å². The van der Waals surface area contributed by atoms with Crippen LogP contribution in [0.15, 0.2) is 59.9 Å². The lowest BCUT2D eigenvalue weighted by molar-refractivity contribution is -0.0980. The number of rotatable bonds is 4. The van der Waals surface area contributed by atoms with Crippen LogP contribution in [-0.2, 0) is 14.8 Å². The summed E-state index contributed by atoms with van der Waals surface area (Å²) in [6.07, 6.45) is 14.3. The maximum atomic E-state index is 12.5. The topological polar surface area (TPSA) is 66.5 Å². The molecule has 0 spiro atoms. The molecule has 1 aliphatic carbocycles. The molecule has 0 aromatic carbocycles. The highest BCUT2D eigenvalue weighted by atomic mass is 32.2. The molecule has 1 fully saturated rings. The number of sulfonamides is 1. The van der Waals surface area contributed by atoms with Gasteiger partial charge in [0, 0.05) is 25.3 Å². The van der Waals surface area contributed by atoms with Gasteiger partial charge in [-0.05, 0) is 37.3 Å². The zero-order valence-corrected chi connectivity index (χ0v) is 17.7. The number of halogens is 3. The molecule has 0 bridgehead atoms. The number of fused-ring (bicyclic) bond motifs is 1. The maximum absolute atomic E-state index is 12.5. The van der Waals surface area contributed by atoms with Crippen LogP contribution in [0.2, 0.25) is 0 Å². The number of carbonyl (C=O) groups excluding carboxylic acids is 1. The average molecular weight is 435 g/mol. The molecule has 0 aromatic heterocycles. The Morgan fingerprint density at radius 2 is 1.90 bits per heavy atom. The quantitative estimate of drug-likeness (QED) is 0.672. The Morgan fingerprint density at radius 1 is 1.28 bits per heavy atom. The highest BCUT2D eigenvalue weighted by molar-refractivity contribution is 7.90. The SMILES string of the molecule is C=C/C(=C\C=C/C)CC.C=O.O=S(=O)(N1CCNC2=CCCC=C2C1)C(F)(F)F. The van der Waals surface area contributed by atoms with Crippen molar-refractivity contribution in [3.63, 3.8) is 0 Å². The Morgan fingerprint density at radius 3 is 2.41 bits per heavy atom. The minimum Gasteiger partial charge on any atom is -0.384 e. The summed E-state index contributed by atoms with van der Waals surface area (Å²) >= 11 is 0. The molecule has 0 radical (unpaired) electrons. The molecule has 1 N–H and O–H groups in total. The number of nitrogens with one attached hydrogen (secondary N) is 1. The van der Waals surface area contributed by atoms with Crippen molar-refractivity contribution in [2.45, 2.75) is 38.6 Å². The number of hydrogen-bond donors (Lipinski definition) is 1. The van der Waals surface area contributed by atoms with Crippen molar-refractivity contribution in [3.05, 3.63) is 59.9 Å². The van der Waals surface area contributed by atoms with Gasteiger partial charge in [0.25, 0.3) is 0 Å². The summed E-state index contributed by atoms with van der Waals surface area (Å²) in [7, 11) is -5.25. The first-order chi connectivity index (χ1) is 13.7. The molecule has 0 aromatic rings. The summed E-state index contributed by atoms with van der Waals surface area (Å²) < 4.78 is 60.7. The van der Waals surface area contributed by atoms with Gasteiger partial charge in [0.1, 0.15) is 6.79 Å². The van der Waals surface area contributed by atoms with E-state index in [1.54, 1.807) is 6.08 Å². The highest BCUT2D eigenvalue weighted by Crippen LogP contribution is 2.29. The largest absolute Gasteiger partial charge is 0.511 e. The number of alkyl halides is 3. The van der Waals surface area contributed by atoms with E-state index in [1.807, 2.05) is 38.0 Å². The van der Waals surface area contributed by atoms with Crippen molar-refractivity contribution >= 4 is 16.8 Å². The van der Waals surface area contributed by atoms with Gasteiger partial charge in [-0.1, -0.05) is 50.0 Å². The van der Waals surface area contributed by atoms with E-state index in [0.29, 0.717) is 9.88 Å². The van der Waals surface area contributed by atoms with Gasteiger partial charge in [0.05, 0.1) is 0 Å². The maximum Gasteiger partial charge on any atom is 0.511 e. The highest BCUT2D eigenvalue weighted by Gasteiger charge is 2.50. The molecule has 5 nitrogen and oxygen atoms in total. The number of nitrogens with zero attached hydrogens (tertiary/aromatic N) is 1. The second-order valence-electron chi connectivity index (χ2n) is 5.96. The Balaban J connectivity index is 0.000000606. The van der Waals surface area contributed by atoms with E-state index >= 15 is 0 Å². The molecule has 2 aliphatic rings. The summed E-state index contributed by atoms with van der Waals surface area (Å²) in [5, 5.41) is 2.96. The number of carbonyl (C=O) groups is 1. The summed E-state index contributed by atoms with van der Waals surface area (Å²) in [6.45, 7) is 9.58. The fourth-order valence-corrected chi connectivity index (χ4v) is 3.48. The van der Waals surface area contributed by atoms with Crippen molar-refractivity contribution in [1.29, 1.82) is 0 Å². The average Bonchev–Trinajstić information content (AvgIpc) is 2.93. The molecule has 0 atom stereocenters. The van der Waals surface area contributed by atoms with E-state index in [1.165, 1.54) is 5.57 Å². The van der Waals surface area contributed by atoms with E-state index in [4.69, 9.17) is 4.79 Å². The molecule has 1 aliphatic heterocycles. The molecule has 2 rings (SSSR count). The zero-order valence-electron chi connectivity index (χ0n) is 16.8. The van der Waals surface area contributed by atoms with Crippen LogP contribution in [0, 0.1) is 0 Å². The predicted molar refractivity (Wildman–Crippen MR) is 110 cm³/mol. The van der Waals surface area contributed by atoms with Gasteiger partial charge < -0.3 is 10.1 Å². The van der Waals surface area contributed by atoms with Gasteiger partial charge in [-0.15, -0.1) is 0 Å². The van der Waals surface area contributed by atoms with E-state index in [0.717, 1.165) is 25.0 Å². The van der Waals surface area contributed by atoms with E-state index in [9.17, 15) is 21.6 Å². The fraction of sp³-hybridized carbons (Fsp3) is 0.450. The van der Waals surface area contributed by atoms with E-state index < -0.39 is 15.5 Å². The Hall–Kier alpha value is -2.13.